The minimum absolute atomic E-state index is 0. The van der Waals surface area contributed by atoms with Crippen molar-refractivity contribution in [2.45, 2.75) is 121 Å². The number of carbonyl (C=O) groups is 1. The Bertz CT molecular complexity index is 2260. The molecule has 53 heavy (non-hydrogen) atoms. The maximum Gasteiger partial charge on any atom is 0.164 e. The molecule has 0 aliphatic heterocycles. The summed E-state index contributed by atoms with van der Waals surface area (Å²) in [5.74, 6) is 0.939. The number of nitrogens with zero attached hydrogens (tertiary/aromatic N) is 1. The number of allylic oxidation sites excluding steroid dienone is 2. The molecule has 3 aromatic heterocycles. The summed E-state index contributed by atoms with van der Waals surface area (Å²) in [6.45, 7) is 25.9. The third kappa shape index (κ3) is 8.52. The Labute approximate surface area is 339 Å². The number of aliphatic hydroxyl groups excluding tert-OH is 1. The molecule has 0 aliphatic rings. The summed E-state index contributed by atoms with van der Waals surface area (Å²) >= 11 is 3.86. The average Bonchev–Trinajstić information content (AvgIpc) is 3.66. The van der Waals surface area contributed by atoms with Crippen molar-refractivity contribution in [2.24, 2.45) is 16.7 Å². The van der Waals surface area contributed by atoms with Gasteiger partial charge in [-0.05, 0) is 72.8 Å². The Balaban J connectivity index is 0.000000299. The second-order valence-electron chi connectivity index (χ2n) is 16.5. The van der Waals surface area contributed by atoms with Gasteiger partial charge in [-0.1, -0.05) is 117 Å². The summed E-state index contributed by atoms with van der Waals surface area (Å²) in [6.07, 6.45) is 7.86. The first kappa shape index (κ1) is 42.8. The number of aliphatic hydroxyl groups is 1. The number of ketones is 1. The van der Waals surface area contributed by atoms with Crippen LogP contribution in [0.1, 0.15) is 118 Å². The number of pyridine rings is 1. The Morgan fingerprint density at radius 1 is 0.811 bits per heavy atom. The number of hydrogen-bond donors (Lipinski definition) is 1. The summed E-state index contributed by atoms with van der Waals surface area (Å²) in [7, 11) is 0. The molecule has 6 rings (SSSR count). The summed E-state index contributed by atoms with van der Waals surface area (Å²) in [4.78, 5) is 18.6. The van der Waals surface area contributed by atoms with Gasteiger partial charge in [-0.25, -0.2) is 0 Å². The zero-order valence-electron chi connectivity index (χ0n) is 33.8. The van der Waals surface area contributed by atoms with E-state index >= 15 is 0 Å². The SMILES string of the molecule is CCC(C)(CC)C(=O)/C=C(\O)C(C)(CC)CC.Cc1sc2c(ccc3c4ccnc(-c5[c-]c6ccccc6c(C(C)(C)C)c5)c4sc32)c1CC(C)C.[Ir]. The molecule has 0 saturated carbocycles. The third-order valence-electron chi connectivity index (χ3n) is 11.6. The van der Waals surface area contributed by atoms with E-state index < -0.39 is 0 Å². The third-order valence-corrected chi connectivity index (χ3v) is 14.1. The molecule has 0 aliphatic carbocycles. The van der Waals surface area contributed by atoms with Crippen LogP contribution in [-0.2, 0) is 36.7 Å². The molecule has 3 nitrogen and oxygen atoms in total. The molecule has 1 N–H and O–H groups in total. The zero-order valence-corrected chi connectivity index (χ0v) is 37.9. The van der Waals surface area contributed by atoms with E-state index in [1.165, 1.54) is 57.7 Å². The van der Waals surface area contributed by atoms with Crippen LogP contribution in [0, 0.1) is 29.7 Å². The summed E-state index contributed by atoms with van der Waals surface area (Å²) in [5.41, 5.74) is 4.43. The summed E-state index contributed by atoms with van der Waals surface area (Å²) < 4.78 is 4.09. The molecule has 0 spiro atoms. The molecule has 285 valence electrons. The van der Waals surface area contributed by atoms with Crippen molar-refractivity contribution >= 4 is 69.5 Å². The molecule has 3 heterocycles. The van der Waals surface area contributed by atoms with Gasteiger partial charge in [0.1, 0.15) is 5.76 Å². The van der Waals surface area contributed by atoms with Crippen LogP contribution in [0.3, 0.4) is 0 Å². The van der Waals surface area contributed by atoms with E-state index in [-0.39, 0.29) is 47.9 Å². The maximum absolute atomic E-state index is 12.2. The van der Waals surface area contributed by atoms with Crippen LogP contribution in [0.15, 0.2) is 66.6 Å². The Hall–Kier alpha value is -2.89. The van der Waals surface area contributed by atoms with Gasteiger partial charge in [0.05, 0.1) is 9.40 Å². The quantitative estimate of drug-likeness (QED) is 0.0846. The maximum atomic E-state index is 12.2. The molecule has 0 unspecified atom stereocenters. The van der Waals surface area contributed by atoms with Crippen LogP contribution in [0.2, 0.25) is 0 Å². The topological polar surface area (TPSA) is 50.2 Å². The molecule has 0 bridgehead atoms. The van der Waals surface area contributed by atoms with Crippen molar-refractivity contribution in [1.29, 1.82) is 0 Å². The van der Waals surface area contributed by atoms with E-state index in [4.69, 9.17) is 4.98 Å². The molecule has 3 aromatic carbocycles. The summed E-state index contributed by atoms with van der Waals surface area (Å²) in [6, 6.07) is 21.5. The van der Waals surface area contributed by atoms with Crippen LogP contribution in [-0.4, -0.2) is 15.9 Å². The Kier molecular flexibility index (Phi) is 13.6. The van der Waals surface area contributed by atoms with E-state index in [1.54, 1.807) is 0 Å². The van der Waals surface area contributed by atoms with Crippen LogP contribution in [0.25, 0.3) is 52.3 Å². The Morgan fingerprint density at radius 3 is 2.00 bits per heavy atom. The fourth-order valence-electron chi connectivity index (χ4n) is 7.00. The zero-order chi connectivity index (χ0) is 38.2. The van der Waals surface area contributed by atoms with Crippen molar-refractivity contribution in [3.63, 3.8) is 0 Å². The van der Waals surface area contributed by atoms with Crippen molar-refractivity contribution in [2.75, 3.05) is 0 Å². The molecule has 0 atom stereocenters. The standard InChI is InChI=1S/C32H30NS2.C15H28O2.Ir/c1-18(2)15-26-19(3)34-30-24(26)12-11-23-25-13-14-33-28(29(25)35-31(23)30)21-16-20-9-7-8-10-22(20)27(17-21)32(4,5)6;1-7-14(5,8-2)12(16)11-13(17)15(6,9-3)10-4;/h7-14,17-18H,15H2,1-6H3;11,16H,7-10H2,1-6H3;/q-1;;/b;12-11-;. The molecule has 6 heteroatoms. The molecule has 0 amide bonds. The first-order chi connectivity index (χ1) is 24.5. The molecule has 0 fully saturated rings. The van der Waals surface area contributed by atoms with Gasteiger partial charge >= 0.3 is 0 Å². The largest absolute Gasteiger partial charge is 0.512 e. The van der Waals surface area contributed by atoms with Gasteiger partial charge in [0, 0.05) is 63.9 Å². The van der Waals surface area contributed by atoms with E-state index in [2.05, 4.69) is 96.1 Å². The average molecular weight is 925 g/mol. The molecular weight excluding hydrogens is 867 g/mol. The number of rotatable bonds is 10. The minimum atomic E-state index is -0.337. The van der Waals surface area contributed by atoms with Crippen molar-refractivity contribution in [1.82, 2.24) is 4.98 Å². The van der Waals surface area contributed by atoms with Crippen molar-refractivity contribution in [3.05, 3.63) is 88.6 Å². The monoisotopic (exact) mass is 925 g/mol. The van der Waals surface area contributed by atoms with Gasteiger partial charge in [-0.2, -0.15) is 0 Å². The van der Waals surface area contributed by atoms with E-state index in [1.807, 2.05) is 70.4 Å². The second-order valence-corrected chi connectivity index (χ2v) is 18.8. The Morgan fingerprint density at radius 2 is 1.40 bits per heavy atom. The van der Waals surface area contributed by atoms with E-state index in [9.17, 15) is 9.90 Å². The van der Waals surface area contributed by atoms with E-state index in [0.29, 0.717) is 5.92 Å². The predicted molar refractivity (Wildman–Crippen MR) is 229 cm³/mol. The first-order valence-corrected chi connectivity index (χ1v) is 20.8. The fourth-order valence-corrected chi connectivity index (χ4v) is 9.62. The molecular formula is C47H58IrNO2S2-. The number of benzene rings is 3. The molecule has 0 saturated heterocycles. The molecule has 6 aromatic rings. The normalized spacial score (nSPS) is 12.8. The van der Waals surface area contributed by atoms with Crippen LogP contribution in [0.4, 0.5) is 0 Å². The summed E-state index contributed by atoms with van der Waals surface area (Å²) in [5, 5.41) is 16.6. The second kappa shape index (κ2) is 16.9. The van der Waals surface area contributed by atoms with Crippen molar-refractivity contribution < 1.29 is 30.0 Å². The number of hydrogen-bond acceptors (Lipinski definition) is 5. The number of aryl methyl sites for hydroxylation is 1. The smallest absolute Gasteiger partial charge is 0.164 e. The number of thiophene rings is 2. The van der Waals surface area contributed by atoms with Crippen LogP contribution < -0.4 is 0 Å². The van der Waals surface area contributed by atoms with Crippen LogP contribution >= 0.6 is 22.7 Å². The fraction of sp³-hybridized carbons (Fsp3) is 0.447. The number of aromatic nitrogens is 1. The van der Waals surface area contributed by atoms with Crippen LogP contribution in [0.5, 0.6) is 0 Å². The first-order valence-electron chi connectivity index (χ1n) is 19.1. The van der Waals surface area contributed by atoms with E-state index in [0.717, 1.165) is 48.7 Å². The predicted octanol–water partition coefficient (Wildman–Crippen LogP) is 14.7. The van der Waals surface area contributed by atoms with Gasteiger partial charge < -0.3 is 5.11 Å². The van der Waals surface area contributed by atoms with Gasteiger partial charge in [-0.3, -0.25) is 9.78 Å². The van der Waals surface area contributed by atoms with Gasteiger partial charge in [0.15, 0.2) is 5.78 Å². The van der Waals surface area contributed by atoms with Gasteiger partial charge in [0.25, 0.3) is 0 Å². The van der Waals surface area contributed by atoms with Gasteiger partial charge in [-0.15, -0.1) is 51.8 Å². The molecule has 1 radical (unpaired) electrons. The number of carbonyl (C=O) groups excluding carboxylic acids is 1. The number of fused-ring (bicyclic) bond motifs is 6. The van der Waals surface area contributed by atoms with Gasteiger partial charge in [0.2, 0.25) is 0 Å². The van der Waals surface area contributed by atoms with Crippen molar-refractivity contribution in [3.8, 4) is 11.3 Å². The minimum Gasteiger partial charge on any atom is -0.512 e.